The van der Waals surface area contributed by atoms with Crippen LogP contribution in [0.15, 0.2) is 48.5 Å². The molecule has 0 atom stereocenters. The zero-order valence-corrected chi connectivity index (χ0v) is 21.0. The molecule has 2 N–H and O–H groups in total. The molecule has 8 heteroatoms. The molecule has 0 unspecified atom stereocenters. The van der Waals surface area contributed by atoms with Crippen LogP contribution in [0, 0.1) is 5.92 Å². The Kier molecular flexibility index (Phi) is 7.83. The number of esters is 2. The van der Waals surface area contributed by atoms with E-state index in [1.165, 1.54) is 0 Å². The number of carbonyl (C=O) groups excluding carboxylic acids is 2. The second kappa shape index (κ2) is 11.2. The summed E-state index contributed by atoms with van der Waals surface area (Å²) in [4.78, 5) is 35.0. The molecule has 0 saturated heterocycles. The van der Waals surface area contributed by atoms with Gasteiger partial charge in [-0.15, -0.1) is 0 Å². The van der Waals surface area contributed by atoms with Gasteiger partial charge in [0.05, 0.1) is 29.8 Å². The van der Waals surface area contributed by atoms with Gasteiger partial charge in [-0.25, -0.2) is 19.6 Å². The van der Waals surface area contributed by atoms with Gasteiger partial charge in [0.2, 0.25) is 0 Å². The van der Waals surface area contributed by atoms with Crippen LogP contribution in [0.5, 0.6) is 0 Å². The van der Waals surface area contributed by atoms with Crippen molar-refractivity contribution in [1.29, 1.82) is 0 Å². The Morgan fingerprint density at radius 2 is 1.58 bits per heavy atom. The summed E-state index contributed by atoms with van der Waals surface area (Å²) in [5.74, 6) is -0.436. The maximum Gasteiger partial charge on any atom is 0.344 e. The van der Waals surface area contributed by atoms with Crippen LogP contribution in [0.4, 0.5) is 5.82 Å². The van der Waals surface area contributed by atoms with E-state index in [-0.39, 0.29) is 23.3 Å². The van der Waals surface area contributed by atoms with Crippen molar-refractivity contribution >= 4 is 40.0 Å². The fourth-order valence-corrected chi connectivity index (χ4v) is 4.05. The Labute approximate surface area is 210 Å². The molecule has 0 spiro atoms. The lowest BCUT2D eigenvalue weighted by Crippen LogP contribution is -2.15. The van der Waals surface area contributed by atoms with Crippen LogP contribution in [-0.4, -0.2) is 39.7 Å². The number of hydrogen-bond donors (Lipinski definition) is 1. The highest BCUT2D eigenvalue weighted by Crippen LogP contribution is 2.32. The van der Waals surface area contributed by atoms with Crippen LogP contribution in [0.25, 0.3) is 27.9 Å². The summed E-state index contributed by atoms with van der Waals surface area (Å²) in [5, 5.41) is 0. The summed E-state index contributed by atoms with van der Waals surface area (Å²) in [6.45, 7) is 6.88. The molecule has 8 nitrogen and oxygen atoms in total. The van der Waals surface area contributed by atoms with Crippen molar-refractivity contribution in [2.75, 3.05) is 18.9 Å². The zero-order chi connectivity index (χ0) is 25.7. The van der Waals surface area contributed by atoms with E-state index in [4.69, 9.17) is 25.2 Å². The van der Waals surface area contributed by atoms with Crippen LogP contribution in [0.3, 0.4) is 0 Å². The molecule has 4 rings (SSSR count). The van der Waals surface area contributed by atoms with Gasteiger partial charge >= 0.3 is 11.9 Å². The first-order valence-electron chi connectivity index (χ1n) is 12.5. The summed E-state index contributed by atoms with van der Waals surface area (Å²) in [5.41, 5.74) is 9.98. The average molecular weight is 489 g/mol. The third-order valence-electron chi connectivity index (χ3n) is 6.40. The van der Waals surface area contributed by atoms with Crippen molar-refractivity contribution in [3.05, 3.63) is 59.7 Å². The van der Waals surface area contributed by atoms with Gasteiger partial charge < -0.3 is 15.2 Å². The predicted octanol–water partition coefficient (Wildman–Crippen LogP) is 5.71. The Bertz CT molecular complexity index is 1370. The molecule has 2 heterocycles. The highest BCUT2D eigenvalue weighted by atomic mass is 16.5. The smallest absolute Gasteiger partial charge is 0.344 e. The number of hydrogen-bond acceptors (Lipinski definition) is 7. The minimum atomic E-state index is -0.524. The van der Waals surface area contributed by atoms with Crippen LogP contribution in [0.2, 0.25) is 0 Å². The van der Waals surface area contributed by atoms with Crippen molar-refractivity contribution in [3.8, 4) is 5.69 Å². The predicted molar refractivity (Wildman–Crippen MR) is 140 cm³/mol. The van der Waals surface area contributed by atoms with Gasteiger partial charge in [0.1, 0.15) is 16.9 Å². The molecule has 0 saturated carbocycles. The molecule has 4 aromatic rings. The lowest BCUT2D eigenvalue weighted by Gasteiger charge is -2.12. The molecule has 0 aliphatic rings. The summed E-state index contributed by atoms with van der Waals surface area (Å²) in [6, 6.07) is 14.3. The standard InChI is InChI=1S/C28H32N4O4/c1-4-7-16-35-27(33)19-12-14-20(15-13-19)32-25(29)23(28(34)36-17-18(5-2)6-3)24-26(32)31-22-11-9-8-10-21(22)30-24/h8-15,18H,4-7,16-17,29H2,1-3H3. The molecule has 36 heavy (non-hydrogen) atoms. The number of para-hydroxylation sites is 2. The number of anilines is 1. The van der Waals surface area contributed by atoms with Crippen molar-refractivity contribution in [3.63, 3.8) is 0 Å². The maximum atomic E-state index is 13.2. The first kappa shape index (κ1) is 25.2. The molecule has 0 fully saturated rings. The minimum Gasteiger partial charge on any atom is -0.462 e. The highest BCUT2D eigenvalue weighted by Gasteiger charge is 2.26. The lowest BCUT2D eigenvalue weighted by molar-refractivity contribution is 0.0435. The van der Waals surface area contributed by atoms with Crippen molar-refractivity contribution < 1.29 is 19.1 Å². The normalized spacial score (nSPS) is 11.3. The van der Waals surface area contributed by atoms with E-state index in [1.807, 2.05) is 31.2 Å². The number of fused-ring (bicyclic) bond motifs is 2. The van der Waals surface area contributed by atoms with Gasteiger partial charge in [0, 0.05) is 5.69 Å². The summed E-state index contributed by atoms with van der Waals surface area (Å²) < 4.78 is 12.6. The molecule has 0 aliphatic carbocycles. The fraction of sp³-hybridized carbons (Fsp3) is 0.357. The maximum absolute atomic E-state index is 13.2. The van der Waals surface area contributed by atoms with E-state index in [0.29, 0.717) is 46.7 Å². The van der Waals surface area contributed by atoms with Crippen molar-refractivity contribution in [2.24, 2.45) is 5.92 Å². The fourth-order valence-electron chi connectivity index (χ4n) is 4.05. The Morgan fingerprint density at radius 1 is 0.917 bits per heavy atom. The SMILES string of the molecule is CCCCOC(=O)c1ccc(-n2c(N)c(C(=O)OCC(CC)CC)c3nc4ccccc4nc32)cc1. The number of nitrogens with two attached hydrogens (primary N) is 1. The number of benzene rings is 2. The van der Waals surface area contributed by atoms with Crippen molar-refractivity contribution in [1.82, 2.24) is 14.5 Å². The van der Waals surface area contributed by atoms with E-state index in [0.717, 1.165) is 25.7 Å². The van der Waals surface area contributed by atoms with E-state index in [2.05, 4.69) is 13.8 Å². The third kappa shape index (κ3) is 5.03. The quantitative estimate of drug-likeness (QED) is 0.225. The topological polar surface area (TPSA) is 109 Å². The van der Waals surface area contributed by atoms with Gasteiger partial charge in [-0.05, 0) is 48.7 Å². The molecular weight excluding hydrogens is 456 g/mol. The number of nitrogens with zero attached hydrogens (tertiary/aromatic N) is 3. The monoisotopic (exact) mass is 488 g/mol. The van der Waals surface area contributed by atoms with Crippen LogP contribution in [0.1, 0.15) is 67.2 Å². The van der Waals surface area contributed by atoms with Gasteiger partial charge in [-0.1, -0.05) is 52.2 Å². The third-order valence-corrected chi connectivity index (χ3v) is 6.40. The molecule has 188 valence electrons. The molecule has 2 aromatic heterocycles. The number of aromatic nitrogens is 3. The summed E-state index contributed by atoms with van der Waals surface area (Å²) in [7, 11) is 0. The van der Waals surface area contributed by atoms with Gasteiger partial charge in [0.15, 0.2) is 5.65 Å². The Hall–Kier alpha value is -3.94. The molecule has 0 amide bonds. The number of rotatable bonds is 10. The molecule has 0 aliphatic heterocycles. The largest absolute Gasteiger partial charge is 0.462 e. The molecule has 0 radical (unpaired) electrons. The van der Waals surface area contributed by atoms with E-state index in [1.54, 1.807) is 28.8 Å². The Balaban J connectivity index is 1.77. The molecular formula is C28H32N4O4. The molecule has 2 aromatic carbocycles. The van der Waals surface area contributed by atoms with Crippen LogP contribution >= 0.6 is 0 Å². The van der Waals surface area contributed by atoms with E-state index >= 15 is 0 Å². The second-order valence-electron chi connectivity index (χ2n) is 8.80. The molecule has 0 bridgehead atoms. The Morgan fingerprint density at radius 3 is 2.22 bits per heavy atom. The lowest BCUT2D eigenvalue weighted by atomic mass is 10.1. The van der Waals surface area contributed by atoms with Gasteiger partial charge in [-0.2, -0.15) is 0 Å². The second-order valence-corrected chi connectivity index (χ2v) is 8.80. The van der Waals surface area contributed by atoms with Crippen molar-refractivity contribution in [2.45, 2.75) is 46.5 Å². The first-order chi connectivity index (χ1) is 17.5. The van der Waals surface area contributed by atoms with Crippen LogP contribution in [-0.2, 0) is 9.47 Å². The van der Waals surface area contributed by atoms with E-state index in [9.17, 15) is 9.59 Å². The van der Waals surface area contributed by atoms with Gasteiger partial charge in [-0.3, -0.25) is 4.57 Å². The average Bonchev–Trinajstić information content (AvgIpc) is 3.18. The minimum absolute atomic E-state index is 0.188. The summed E-state index contributed by atoms with van der Waals surface area (Å²) in [6.07, 6.45) is 3.60. The zero-order valence-electron chi connectivity index (χ0n) is 21.0. The van der Waals surface area contributed by atoms with Gasteiger partial charge in [0.25, 0.3) is 0 Å². The summed E-state index contributed by atoms with van der Waals surface area (Å²) >= 11 is 0. The highest BCUT2D eigenvalue weighted by molar-refractivity contribution is 6.09. The number of nitrogen functional groups attached to an aromatic ring is 1. The van der Waals surface area contributed by atoms with E-state index < -0.39 is 5.97 Å². The first-order valence-corrected chi connectivity index (χ1v) is 12.5. The van der Waals surface area contributed by atoms with Crippen LogP contribution < -0.4 is 5.73 Å². The number of ether oxygens (including phenoxy) is 2. The number of unbranched alkanes of at least 4 members (excludes halogenated alkanes) is 1. The number of carbonyl (C=O) groups is 2.